The van der Waals surface area contributed by atoms with E-state index in [2.05, 4.69) is 0 Å². The summed E-state index contributed by atoms with van der Waals surface area (Å²) >= 11 is 0. The van der Waals surface area contributed by atoms with Gasteiger partial charge in [0, 0.05) is 6.42 Å². The fraction of sp³-hybridized carbons (Fsp3) is 0.136. The largest absolute Gasteiger partial charge is 0.564 e. The molecular weight excluding hydrogens is 592 g/mol. The summed E-state index contributed by atoms with van der Waals surface area (Å²) in [5, 5.41) is 0. The van der Waals surface area contributed by atoms with E-state index in [1.807, 2.05) is 0 Å². The molecule has 18 heteroatoms. The molecule has 3 aromatic carbocycles. The lowest BCUT2D eigenvalue weighted by Crippen LogP contribution is -2.74. The van der Waals surface area contributed by atoms with Crippen LogP contribution in [0.3, 0.4) is 0 Å². The molecule has 1 aliphatic heterocycles. The van der Waals surface area contributed by atoms with Crippen LogP contribution in [-0.2, 0) is 9.08 Å². The van der Waals surface area contributed by atoms with Gasteiger partial charge in [-0.2, -0.15) is 0 Å². The van der Waals surface area contributed by atoms with Gasteiger partial charge in [0.2, 0.25) is 0 Å². The van der Waals surface area contributed by atoms with Gasteiger partial charge >= 0.3 is 12.3 Å². The number of hydrogen-bond donors (Lipinski definition) is 0. The maximum absolute atomic E-state index is 15.2. The number of halogens is 15. The Balaban J connectivity index is 2.48. The van der Waals surface area contributed by atoms with Gasteiger partial charge in [0.25, 0.3) is 0 Å². The van der Waals surface area contributed by atoms with Crippen LogP contribution >= 0.6 is 0 Å². The van der Waals surface area contributed by atoms with E-state index in [9.17, 15) is 39.5 Å². The van der Waals surface area contributed by atoms with Gasteiger partial charge in [-0.25, -0.2) is 65.9 Å². The molecule has 1 heterocycles. The van der Waals surface area contributed by atoms with Crippen molar-refractivity contribution in [3.8, 4) is 0 Å². The van der Waals surface area contributed by atoms with Gasteiger partial charge in [-0.3, -0.25) is 0 Å². The average molecular weight is 598 g/mol. The lowest BCUT2D eigenvalue weighted by atomic mass is 9.27. The van der Waals surface area contributed by atoms with E-state index in [1.165, 1.54) is 0 Å². The number of carbonyl (C=O) groups excluding carboxylic acids is 1. The van der Waals surface area contributed by atoms with Gasteiger partial charge in [0.05, 0.1) is 0 Å². The summed E-state index contributed by atoms with van der Waals surface area (Å²) in [6.07, 6.45) is -6.95. The summed E-state index contributed by atoms with van der Waals surface area (Å²) in [7, 11) is 0. The van der Waals surface area contributed by atoms with E-state index in [0.29, 0.717) is 0 Å². The number of benzene rings is 3. The predicted molar refractivity (Wildman–Crippen MR) is 104 cm³/mol. The molecule has 0 saturated carbocycles. The second kappa shape index (κ2) is 9.96. The maximum atomic E-state index is 15.2. The van der Waals surface area contributed by atoms with Crippen molar-refractivity contribution in [2.24, 2.45) is 0 Å². The third-order valence-electron chi connectivity index (χ3n) is 6.05. The van der Waals surface area contributed by atoms with E-state index in [4.69, 9.17) is 9.08 Å². The maximum Gasteiger partial charge on any atom is 0.428 e. The highest BCUT2D eigenvalue weighted by atomic mass is 19.2. The first-order valence-electron chi connectivity index (χ1n) is 10.5. The summed E-state index contributed by atoms with van der Waals surface area (Å²) < 4.78 is 228. The van der Waals surface area contributed by atoms with Crippen molar-refractivity contribution in [1.29, 1.82) is 0 Å². The average Bonchev–Trinajstić information content (AvgIpc) is 3.43. The van der Waals surface area contributed by atoms with Gasteiger partial charge in [0.1, 0.15) is 41.3 Å². The molecule has 0 N–H and O–H groups in total. The van der Waals surface area contributed by atoms with E-state index in [0.717, 1.165) is 0 Å². The van der Waals surface area contributed by atoms with Crippen molar-refractivity contribution in [2.75, 3.05) is 6.61 Å². The molecule has 4 rings (SSSR count). The van der Waals surface area contributed by atoms with Crippen LogP contribution in [0.25, 0.3) is 0 Å². The lowest BCUT2D eigenvalue weighted by molar-refractivity contribution is -0.313. The van der Waals surface area contributed by atoms with Crippen molar-refractivity contribution in [3.05, 3.63) is 87.3 Å². The zero-order chi connectivity index (χ0) is 30.0. The summed E-state index contributed by atoms with van der Waals surface area (Å²) in [4.78, 5) is 0. The monoisotopic (exact) mass is 598 g/mol. The number of rotatable bonds is 4. The molecule has 1 aliphatic rings. The predicted octanol–water partition coefficient (Wildman–Crippen LogP) is 4.61. The van der Waals surface area contributed by atoms with E-state index >= 15 is 26.3 Å². The van der Waals surface area contributed by atoms with Crippen LogP contribution in [-0.4, -0.2) is 18.9 Å². The Hall–Kier alpha value is -3.86. The minimum absolute atomic E-state index is 0.188. The Morgan fingerprint density at radius 3 is 0.875 bits per heavy atom. The summed E-state index contributed by atoms with van der Waals surface area (Å²) in [6.45, 7) is -0.465. The van der Waals surface area contributed by atoms with Crippen LogP contribution in [0, 0.1) is 87.3 Å². The number of cyclic esters (lactones) is 1. The van der Waals surface area contributed by atoms with Gasteiger partial charge in [-0.05, 0) is 16.4 Å². The third kappa shape index (κ3) is 3.89. The van der Waals surface area contributed by atoms with Crippen molar-refractivity contribution in [3.63, 3.8) is 0 Å². The first-order chi connectivity index (χ1) is 18.6. The standard InChI is InChI=1S/C22H6BF15O2/c24-8-5(9(25)15(31)20(36)14(8)30)23(40-4-2-1-3-39-4,6-10(26)16(32)21(37)17(33)11(6)27)7-12(28)18(34)22(38)19(35)13(7)29/h1-3H2. The quantitative estimate of drug-likeness (QED) is 0.107. The van der Waals surface area contributed by atoms with Gasteiger partial charge < -0.3 is 9.08 Å². The molecule has 0 spiro atoms. The Morgan fingerprint density at radius 1 is 0.400 bits per heavy atom. The van der Waals surface area contributed by atoms with E-state index in [1.54, 1.807) is 0 Å². The molecule has 0 aliphatic carbocycles. The van der Waals surface area contributed by atoms with Crippen molar-refractivity contribution < 1.29 is 74.9 Å². The molecule has 0 amide bonds. The van der Waals surface area contributed by atoms with Crippen LogP contribution in [0.5, 0.6) is 0 Å². The second-order valence-corrected chi connectivity index (χ2v) is 8.18. The molecule has 0 unspecified atom stereocenters. The first kappa shape index (κ1) is 29.1. The summed E-state index contributed by atoms with van der Waals surface area (Å²) in [5.74, 6) is -47.8. The Morgan fingerprint density at radius 2 is 0.650 bits per heavy atom. The molecular formula is C22H6BF15O2. The van der Waals surface area contributed by atoms with Crippen LogP contribution < -0.4 is 16.4 Å². The molecule has 1 saturated heterocycles. The van der Waals surface area contributed by atoms with Gasteiger partial charge in [-0.15, -0.1) is 0 Å². The third-order valence-corrected chi connectivity index (χ3v) is 6.05. The first-order valence-corrected chi connectivity index (χ1v) is 10.5. The molecule has 1 fully saturated rings. The van der Waals surface area contributed by atoms with Crippen LogP contribution in [0.15, 0.2) is 0 Å². The van der Waals surface area contributed by atoms with Crippen LogP contribution in [0.4, 0.5) is 65.9 Å². The Kier molecular flexibility index (Phi) is 7.25. The minimum Gasteiger partial charge on any atom is -0.564 e. The lowest BCUT2D eigenvalue weighted by Gasteiger charge is -2.35. The fourth-order valence-corrected chi connectivity index (χ4v) is 4.31. The summed E-state index contributed by atoms with van der Waals surface area (Å²) in [6, 6.07) is 0. The molecule has 0 bridgehead atoms. The van der Waals surface area contributed by atoms with E-state index < -0.39 is 129 Å². The van der Waals surface area contributed by atoms with E-state index in [-0.39, 0.29) is 6.42 Å². The molecule has 3 aromatic rings. The zero-order valence-corrected chi connectivity index (χ0v) is 18.7. The minimum atomic E-state index is -6.09. The van der Waals surface area contributed by atoms with Crippen molar-refractivity contribution in [1.82, 2.24) is 0 Å². The van der Waals surface area contributed by atoms with Crippen LogP contribution in [0.1, 0.15) is 12.8 Å². The second-order valence-electron chi connectivity index (χ2n) is 8.18. The van der Waals surface area contributed by atoms with Crippen molar-refractivity contribution in [2.45, 2.75) is 12.8 Å². The Labute approximate surface area is 211 Å². The van der Waals surface area contributed by atoms with Gasteiger partial charge in [-0.1, -0.05) is 0 Å². The topological polar surface area (TPSA) is 20.5 Å². The zero-order valence-electron chi connectivity index (χ0n) is 18.7. The SMILES string of the molecule is Fc1c(F)c(F)c([B-]([O+]=C2CCCO2)(c2c(F)c(F)c(F)c(F)c2F)c2c(F)c(F)c(F)c(F)c2F)c(F)c1F. The molecule has 2 nitrogen and oxygen atoms in total. The highest BCUT2D eigenvalue weighted by molar-refractivity contribution is 7.05. The summed E-state index contributed by atoms with van der Waals surface area (Å²) in [5.41, 5.74) is -8.57. The normalized spacial score (nSPS) is 14.8. The molecule has 40 heavy (non-hydrogen) atoms. The smallest absolute Gasteiger partial charge is 0.428 e. The van der Waals surface area contributed by atoms with Crippen LogP contribution in [0.2, 0.25) is 0 Å². The number of ether oxygens (including phenoxy) is 1. The fourth-order valence-electron chi connectivity index (χ4n) is 4.31. The molecule has 214 valence electrons. The number of esters is 1. The highest BCUT2D eigenvalue weighted by Gasteiger charge is 2.55. The van der Waals surface area contributed by atoms with Crippen molar-refractivity contribution >= 4 is 28.7 Å². The van der Waals surface area contributed by atoms with Gasteiger partial charge in [0.15, 0.2) is 59.0 Å². The highest BCUT2D eigenvalue weighted by Crippen LogP contribution is 2.28. The Bertz CT molecular complexity index is 1360. The molecule has 0 atom stereocenters. The molecule has 0 radical (unpaired) electrons. The number of hydrogen-bond acceptors (Lipinski definition) is 1. The molecule has 0 aromatic heterocycles.